The largest absolute Gasteiger partial charge is 0.462 e. The van der Waals surface area contributed by atoms with Crippen molar-refractivity contribution in [3.05, 3.63) is 33.1 Å². The minimum Gasteiger partial charge on any atom is -0.462 e. The number of carbonyl (C=O) groups excluding carboxylic acids is 2. The van der Waals surface area contributed by atoms with E-state index in [1.807, 2.05) is 4.98 Å². The number of hydrogen-bond acceptors (Lipinski definition) is 11. The molecular weight excluding hydrogens is 581 g/mol. The highest BCUT2D eigenvalue weighted by Crippen LogP contribution is 2.46. The van der Waals surface area contributed by atoms with Crippen molar-refractivity contribution in [1.29, 1.82) is 0 Å². The molecular formula is C22H35F2N4O10PS. The Bertz CT molecular complexity index is 1180. The van der Waals surface area contributed by atoms with Gasteiger partial charge in [-0.15, -0.1) is 0 Å². The van der Waals surface area contributed by atoms with Gasteiger partial charge in [-0.3, -0.25) is 23.9 Å². The Kier molecular flexibility index (Phi) is 11.7. The summed E-state index contributed by atoms with van der Waals surface area (Å²) in [5.74, 6) is -1.50. The number of esters is 2. The lowest BCUT2D eigenvalue weighted by atomic mass is 9.96. The van der Waals surface area contributed by atoms with Crippen LogP contribution in [0, 0.1) is 0 Å². The molecule has 40 heavy (non-hydrogen) atoms. The normalized spacial score (nSPS) is 24.9. The van der Waals surface area contributed by atoms with E-state index in [9.17, 15) is 38.2 Å². The Hall–Kier alpha value is -2.11. The number of nitrogens with one attached hydrogen (secondary N) is 3. The zero-order valence-electron chi connectivity index (χ0n) is 22.7. The van der Waals surface area contributed by atoms with E-state index in [0.717, 1.165) is 12.3 Å². The van der Waals surface area contributed by atoms with Gasteiger partial charge in [0.1, 0.15) is 24.3 Å². The van der Waals surface area contributed by atoms with E-state index in [0.29, 0.717) is 4.57 Å². The molecule has 0 radical (unpaired) electrons. The summed E-state index contributed by atoms with van der Waals surface area (Å²) in [6.45, 7) is 4.23. The zero-order chi connectivity index (χ0) is 30.6. The lowest BCUT2D eigenvalue weighted by Gasteiger charge is -2.35. The fourth-order valence-corrected chi connectivity index (χ4v) is 6.55. The summed E-state index contributed by atoms with van der Waals surface area (Å²) in [4.78, 5) is 50.3. The van der Waals surface area contributed by atoms with Crippen molar-refractivity contribution in [2.24, 2.45) is 0 Å². The fourth-order valence-electron chi connectivity index (χ4n) is 3.61. The Balaban J connectivity index is 2.39. The fraction of sp³-hybridized carbons (Fsp3) is 0.727. The second-order valence-electron chi connectivity index (χ2n) is 9.71. The minimum absolute atomic E-state index is 0.484. The van der Waals surface area contributed by atoms with Crippen LogP contribution in [-0.4, -0.2) is 86.8 Å². The molecule has 1 aromatic rings. The van der Waals surface area contributed by atoms with Gasteiger partial charge in [-0.2, -0.15) is 0 Å². The molecule has 1 aromatic heterocycles. The molecule has 228 valence electrons. The maximum absolute atomic E-state index is 14.5. The first kappa shape index (κ1) is 34.1. The lowest BCUT2D eigenvalue weighted by molar-refractivity contribution is -0.191. The molecule has 0 amide bonds. The van der Waals surface area contributed by atoms with Crippen LogP contribution in [-0.2, 0) is 40.1 Å². The number of aromatic amines is 1. The quantitative estimate of drug-likeness (QED) is 0.146. The molecule has 1 saturated heterocycles. The van der Waals surface area contributed by atoms with Crippen LogP contribution in [0.2, 0.25) is 0 Å². The Labute approximate surface area is 233 Å². The van der Waals surface area contributed by atoms with Gasteiger partial charge in [-0.25, -0.2) is 23.7 Å². The van der Waals surface area contributed by atoms with Gasteiger partial charge in [0.05, 0.1) is 18.8 Å². The summed E-state index contributed by atoms with van der Waals surface area (Å²) < 4.78 is 50.9. The molecule has 0 saturated carbocycles. The van der Waals surface area contributed by atoms with Gasteiger partial charge < -0.3 is 28.9 Å². The summed E-state index contributed by atoms with van der Waals surface area (Å²) in [5, 5.41) is 26.5. The van der Waals surface area contributed by atoms with Crippen molar-refractivity contribution in [1.82, 2.24) is 19.7 Å². The average molecular weight is 617 g/mol. The number of H-pyrrole nitrogens is 1. The minimum atomic E-state index is -3.81. The molecule has 0 spiro atoms. The van der Waals surface area contributed by atoms with Crippen molar-refractivity contribution < 1.29 is 47.3 Å². The number of aliphatic hydroxyl groups excluding tert-OH is 2. The van der Waals surface area contributed by atoms with E-state index < -0.39 is 91.1 Å². The molecule has 1 fully saturated rings. The summed E-state index contributed by atoms with van der Waals surface area (Å²) in [6, 6.07) is -1.38. The molecule has 6 atom stereocenters. The molecule has 0 aromatic carbocycles. The van der Waals surface area contributed by atoms with Crippen molar-refractivity contribution >= 4 is 30.3 Å². The number of alkyl halides is 2. The van der Waals surface area contributed by atoms with E-state index in [4.69, 9.17) is 30.5 Å². The van der Waals surface area contributed by atoms with E-state index in [2.05, 4.69) is 10.2 Å². The molecule has 2 heterocycles. The smallest absolute Gasteiger partial charge is 0.330 e. The van der Waals surface area contributed by atoms with Gasteiger partial charge in [0.15, 0.2) is 18.4 Å². The van der Waals surface area contributed by atoms with Gasteiger partial charge in [0.2, 0.25) is 0 Å². The van der Waals surface area contributed by atoms with Gasteiger partial charge in [0, 0.05) is 12.3 Å². The number of aliphatic hydroxyl groups is 2. The molecule has 1 aliphatic heterocycles. The highest BCUT2D eigenvalue weighted by molar-refractivity contribution is 8.10. The summed E-state index contributed by atoms with van der Waals surface area (Å²) in [5.41, 5.74) is -4.79. The van der Waals surface area contributed by atoms with Crippen molar-refractivity contribution in [2.45, 2.75) is 96.3 Å². The number of nitrogens with zero attached hydrogens (tertiary/aromatic N) is 1. The van der Waals surface area contributed by atoms with Gasteiger partial charge >= 0.3 is 17.6 Å². The zero-order valence-corrected chi connectivity index (χ0v) is 24.4. The molecule has 5 N–H and O–H groups in total. The van der Waals surface area contributed by atoms with E-state index in [1.165, 1.54) is 13.8 Å². The number of ether oxygens (including phenoxy) is 3. The molecule has 2 rings (SSSR count). The summed E-state index contributed by atoms with van der Waals surface area (Å²) in [7, 11) is 0. The molecule has 0 aliphatic carbocycles. The SMILES string of the molecule is CC(C)OC(=O)[C@H](C)NP(=S)(N[C@@H](C)C(=O)OC(C)C)OC[C@@]1(C(F)F)O[C@@H](n2ccc(=O)[nH]c2=O)[C@H](O)[C@@H]1O. The van der Waals surface area contributed by atoms with Gasteiger partial charge in [-0.1, -0.05) is 0 Å². The highest BCUT2D eigenvalue weighted by Gasteiger charge is 2.61. The first-order valence-corrected chi connectivity index (χ1v) is 15.0. The monoisotopic (exact) mass is 616 g/mol. The second kappa shape index (κ2) is 13.7. The topological polar surface area (TPSA) is 190 Å². The van der Waals surface area contributed by atoms with E-state index >= 15 is 0 Å². The average Bonchev–Trinajstić information content (AvgIpc) is 3.08. The first-order valence-electron chi connectivity index (χ1n) is 12.3. The number of rotatable bonds is 13. The highest BCUT2D eigenvalue weighted by atomic mass is 32.4. The van der Waals surface area contributed by atoms with Crippen LogP contribution in [0.5, 0.6) is 0 Å². The Morgan fingerprint density at radius 1 is 1.10 bits per heavy atom. The standard InChI is InChI=1S/C22H35F2N4O10PS/c1-10(2)36-18(32)12(5)26-39(40,27-13(6)19(33)37-11(3)4)35-9-22(20(23)24)16(31)15(30)17(38-22)28-8-7-14(29)25-21(28)34/h7-8,10-13,15-17,20,30-31H,9H2,1-6H3,(H,25,29,34)(H2,26,27,40)/t12-,13-,15+,16-,17+,22+/m0/s1. The maximum Gasteiger partial charge on any atom is 0.330 e. The lowest BCUT2D eigenvalue weighted by Crippen LogP contribution is -2.53. The molecule has 1 aliphatic rings. The Morgan fingerprint density at radius 2 is 1.60 bits per heavy atom. The van der Waals surface area contributed by atoms with Crippen LogP contribution < -0.4 is 21.4 Å². The third-order valence-corrected chi connectivity index (χ3v) is 8.46. The predicted octanol–water partition coefficient (Wildman–Crippen LogP) is -0.108. The van der Waals surface area contributed by atoms with Gasteiger partial charge in [0.25, 0.3) is 12.0 Å². The summed E-state index contributed by atoms with van der Waals surface area (Å²) in [6.07, 6.45) is -9.75. The number of aromatic nitrogens is 2. The third-order valence-electron chi connectivity index (χ3n) is 5.56. The van der Waals surface area contributed by atoms with E-state index in [-0.39, 0.29) is 0 Å². The van der Waals surface area contributed by atoms with Crippen molar-refractivity contribution in [3.8, 4) is 0 Å². The molecule has 14 nitrogen and oxygen atoms in total. The molecule has 0 bridgehead atoms. The summed E-state index contributed by atoms with van der Waals surface area (Å²) >= 11 is 5.53. The van der Waals surface area contributed by atoms with Crippen LogP contribution >= 0.6 is 6.57 Å². The van der Waals surface area contributed by atoms with Crippen LogP contribution in [0.15, 0.2) is 21.9 Å². The second-order valence-corrected chi connectivity index (χ2v) is 13.1. The first-order chi connectivity index (χ1) is 18.4. The predicted molar refractivity (Wildman–Crippen MR) is 140 cm³/mol. The van der Waals surface area contributed by atoms with Crippen molar-refractivity contribution in [3.63, 3.8) is 0 Å². The third kappa shape index (κ3) is 8.22. The van der Waals surface area contributed by atoms with Crippen LogP contribution in [0.4, 0.5) is 8.78 Å². The van der Waals surface area contributed by atoms with Crippen LogP contribution in [0.3, 0.4) is 0 Å². The number of carbonyl (C=O) groups is 2. The van der Waals surface area contributed by atoms with Crippen molar-refractivity contribution in [2.75, 3.05) is 6.61 Å². The maximum atomic E-state index is 14.5. The van der Waals surface area contributed by atoms with Crippen LogP contribution in [0.25, 0.3) is 0 Å². The number of halogens is 2. The van der Waals surface area contributed by atoms with Gasteiger partial charge in [-0.05, 0) is 53.3 Å². The molecule has 0 unspecified atom stereocenters. The van der Waals surface area contributed by atoms with Crippen LogP contribution in [0.1, 0.15) is 47.8 Å². The molecule has 18 heteroatoms. The number of hydrogen-bond donors (Lipinski definition) is 5. The Morgan fingerprint density at radius 3 is 2.02 bits per heavy atom. The van der Waals surface area contributed by atoms with E-state index in [1.54, 1.807) is 27.7 Å².